The van der Waals surface area contributed by atoms with Crippen molar-refractivity contribution in [1.29, 1.82) is 0 Å². The minimum Gasteiger partial charge on any atom is -0.391 e. The molecule has 1 heterocycles. The lowest BCUT2D eigenvalue weighted by atomic mass is 9.91. The number of likely N-dealkylation sites (tertiary alicyclic amines) is 1. The first-order valence-electron chi connectivity index (χ1n) is 16.1. The van der Waals surface area contributed by atoms with Crippen LogP contribution in [0.3, 0.4) is 0 Å². The molecule has 232 valence electrons. The van der Waals surface area contributed by atoms with Gasteiger partial charge in [0.25, 0.3) is 0 Å². The number of nitrogens with zero attached hydrogens (tertiary/aromatic N) is 1. The van der Waals surface area contributed by atoms with Gasteiger partial charge >= 0.3 is 0 Å². The molecule has 1 aliphatic heterocycles. The van der Waals surface area contributed by atoms with Gasteiger partial charge in [0.2, 0.25) is 11.8 Å². The van der Waals surface area contributed by atoms with Crippen molar-refractivity contribution in [3.63, 3.8) is 0 Å². The molecule has 1 saturated heterocycles. The fourth-order valence-electron chi connectivity index (χ4n) is 7.19. The molecule has 0 radical (unpaired) electrons. The Bertz CT molecular complexity index is 1560. The standard InChI is InChI=1S/C39H42N2O4/c42-34(26-41-33(22-29-16-8-3-9-17-29)23-32(39(41)45)21-28-14-6-2-7-15-28)24-31(20-27-12-4-1-5-13-27)38(44)40-37-35-19-11-10-18-30(35)25-36(37)43/h1-19,31-34,36-37,42-43H,20-26H2,(H,40,44)/t31-,32+,33?,34+,36-,37?/m1/s1. The van der Waals surface area contributed by atoms with E-state index >= 15 is 0 Å². The first kappa shape index (κ1) is 30.8. The summed E-state index contributed by atoms with van der Waals surface area (Å²) in [4.78, 5) is 29.6. The second kappa shape index (κ2) is 14.2. The van der Waals surface area contributed by atoms with E-state index in [4.69, 9.17) is 0 Å². The zero-order valence-electron chi connectivity index (χ0n) is 25.5. The highest BCUT2D eigenvalue weighted by Gasteiger charge is 2.41. The van der Waals surface area contributed by atoms with E-state index < -0.39 is 24.2 Å². The Morgan fingerprint density at radius 2 is 1.38 bits per heavy atom. The summed E-state index contributed by atoms with van der Waals surface area (Å²) >= 11 is 0. The molecular formula is C39H42N2O4. The number of fused-ring (bicyclic) bond motifs is 1. The normalized spacial score (nSPS) is 22.2. The second-order valence-corrected chi connectivity index (χ2v) is 12.7. The van der Waals surface area contributed by atoms with E-state index in [1.807, 2.05) is 95.9 Å². The highest BCUT2D eigenvalue weighted by molar-refractivity contribution is 5.82. The molecule has 3 N–H and O–H groups in total. The number of rotatable bonds is 12. The van der Waals surface area contributed by atoms with Crippen LogP contribution in [0.4, 0.5) is 0 Å². The number of nitrogens with one attached hydrogen (secondary N) is 1. The van der Waals surface area contributed by atoms with Gasteiger partial charge in [-0.1, -0.05) is 115 Å². The number of benzene rings is 4. The molecule has 0 saturated carbocycles. The quantitative estimate of drug-likeness (QED) is 0.211. The van der Waals surface area contributed by atoms with Crippen LogP contribution < -0.4 is 5.32 Å². The molecule has 6 nitrogen and oxygen atoms in total. The molecule has 6 heteroatoms. The molecule has 4 aromatic carbocycles. The molecule has 6 rings (SSSR count). The van der Waals surface area contributed by atoms with Crippen LogP contribution in [0, 0.1) is 11.8 Å². The fourth-order valence-corrected chi connectivity index (χ4v) is 7.19. The highest BCUT2D eigenvalue weighted by atomic mass is 16.3. The molecule has 4 aromatic rings. The highest BCUT2D eigenvalue weighted by Crippen LogP contribution is 2.33. The Balaban J connectivity index is 1.18. The van der Waals surface area contributed by atoms with E-state index in [2.05, 4.69) is 29.6 Å². The van der Waals surface area contributed by atoms with E-state index in [1.54, 1.807) is 0 Å². The van der Waals surface area contributed by atoms with Crippen LogP contribution in [0.1, 0.15) is 46.7 Å². The number of aliphatic hydroxyl groups excluding tert-OH is 2. The minimum absolute atomic E-state index is 0.0326. The van der Waals surface area contributed by atoms with Crippen molar-refractivity contribution < 1.29 is 19.8 Å². The van der Waals surface area contributed by atoms with Gasteiger partial charge in [-0.3, -0.25) is 9.59 Å². The average molecular weight is 603 g/mol. The summed E-state index contributed by atoms with van der Waals surface area (Å²) in [5, 5.41) is 25.4. The molecule has 1 aliphatic carbocycles. The van der Waals surface area contributed by atoms with Gasteiger partial charge in [-0.2, -0.15) is 0 Å². The summed E-state index contributed by atoms with van der Waals surface area (Å²) in [6.07, 6.45) is 1.68. The number of hydrogen-bond acceptors (Lipinski definition) is 4. The maximum Gasteiger partial charge on any atom is 0.226 e. The molecule has 2 amide bonds. The Morgan fingerprint density at radius 1 is 0.800 bits per heavy atom. The van der Waals surface area contributed by atoms with Crippen LogP contribution in [0.15, 0.2) is 115 Å². The number of carbonyl (C=O) groups excluding carboxylic acids is 2. The third-order valence-corrected chi connectivity index (χ3v) is 9.43. The summed E-state index contributed by atoms with van der Waals surface area (Å²) < 4.78 is 0. The van der Waals surface area contributed by atoms with Crippen LogP contribution in [0.5, 0.6) is 0 Å². The Kier molecular flexibility index (Phi) is 9.72. The lowest BCUT2D eigenvalue weighted by Crippen LogP contribution is -2.43. The van der Waals surface area contributed by atoms with Crippen LogP contribution in [-0.4, -0.2) is 51.7 Å². The SMILES string of the molecule is O=C(NC1c2ccccc2C[C@H]1O)[C@H](Cc1ccccc1)C[C@H](O)CN1C(=O)[C@@H](Cc2ccccc2)CC1Cc1ccccc1. The van der Waals surface area contributed by atoms with E-state index in [0.29, 0.717) is 19.3 Å². The molecular weight excluding hydrogens is 560 g/mol. The van der Waals surface area contributed by atoms with Crippen molar-refractivity contribution in [3.8, 4) is 0 Å². The molecule has 2 aliphatic rings. The molecule has 2 unspecified atom stereocenters. The van der Waals surface area contributed by atoms with Crippen LogP contribution in [0.2, 0.25) is 0 Å². The Morgan fingerprint density at radius 3 is 2.04 bits per heavy atom. The second-order valence-electron chi connectivity index (χ2n) is 12.7. The van der Waals surface area contributed by atoms with Gasteiger partial charge in [-0.15, -0.1) is 0 Å². The van der Waals surface area contributed by atoms with Crippen molar-refractivity contribution in [3.05, 3.63) is 143 Å². The largest absolute Gasteiger partial charge is 0.391 e. The van der Waals surface area contributed by atoms with Gasteiger partial charge in [0.05, 0.1) is 18.2 Å². The van der Waals surface area contributed by atoms with E-state index in [0.717, 1.165) is 40.7 Å². The van der Waals surface area contributed by atoms with E-state index in [-0.39, 0.29) is 36.7 Å². The predicted molar refractivity (Wildman–Crippen MR) is 175 cm³/mol. The number of β-amino-alcohol motifs (C(OH)–C–C–N with tert-alkyl or cyclic N) is 1. The van der Waals surface area contributed by atoms with Gasteiger partial charge < -0.3 is 20.4 Å². The van der Waals surface area contributed by atoms with Crippen LogP contribution >= 0.6 is 0 Å². The summed E-state index contributed by atoms with van der Waals surface area (Å²) in [5.74, 6) is -0.823. The van der Waals surface area contributed by atoms with Crippen LogP contribution in [0.25, 0.3) is 0 Å². The van der Waals surface area contributed by atoms with Gasteiger partial charge in [-0.25, -0.2) is 0 Å². The van der Waals surface area contributed by atoms with Gasteiger partial charge in [0.15, 0.2) is 0 Å². The molecule has 6 atom stereocenters. The first-order valence-corrected chi connectivity index (χ1v) is 16.1. The van der Waals surface area contributed by atoms with Gasteiger partial charge in [0.1, 0.15) is 0 Å². The molecule has 45 heavy (non-hydrogen) atoms. The summed E-state index contributed by atoms with van der Waals surface area (Å²) in [5.41, 5.74) is 5.27. The molecule has 0 spiro atoms. The van der Waals surface area contributed by atoms with Gasteiger partial charge in [0, 0.05) is 30.8 Å². The maximum atomic E-state index is 13.8. The van der Waals surface area contributed by atoms with E-state index in [1.165, 1.54) is 0 Å². The summed E-state index contributed by atoms with van der Waals surface area (Å²) in [7, 11) is 0. The zero-order chi connectivity index (χ0) is 31.2. The van der Waals surface area contributed by atoms with Crippen molar-refractivity contribution in [2.45, 2.75) is 62.8 Å². The number of hydrogen-bond donors (Lipinski definition) is 3. The monoisotopic (exact) mass is 602 g/mol. The van der Waals surface area contributed by atoms with Crippen molar-refractivity contribution in [1.82, 2.24) is 10.2 Å². The first-order chi connectivity index (χ1) is 21.9. The van der Waals surface area contributed by atoms with Crippen LogP contribution in [-0.2, 0) is 35.3 Å². The lowest BCUT2D eigenvalue weighted by molar-refractivity contribution is -0.133. The maximum absolute atomic E-state index is 13.8. The number of carbonyl (C=O) groups is 2. The molecule has 0 aromatic heterocycles. The Labute approximate surface area is 265 Å². The number of aliphatic hydroxyl groups is 2. The van der Waals surface area contributed by atoms with Crippen molar-refractivity contribution in [2.24, 2.45) is 11.8 Å². The van der Waals surface area contributed by atoms with E-state index in [9.17, 15) is 19.8 Å². The van der Waals surface area contributed by atoms with Crippen molar-refractivity contribution in [2.75, 3.05) is 6.54 Å². The number of amides is 2. The Hall–Kier alpha value is -4.26. The smallest absolute Gasteiger partial charge is 0.226 e. The van der Waals surface area contributed by atoms with Crippen molar-refractivity contribution >= 4 is 11.8 Å². The predicted octanol–water partition coefficient (Wildman–Crippen LogP) is 5.07. The third-order valence-electron chi connectivity index (χ3n) is 9.43. The molecule has 0 bridgehead atoms. The average Bonchev–Trinajstić information content (AvgIpc) is 3.52. The third kappa shape index (κ3) is 7.52. The summed E-state index contributed by atoms with van der Waals surface area (Å²) in [6, 6.07) is 37.4. The zero-order valence-corrected chi connectivity index (χ0v) is 25.5. The topological polar surface area (TPSA) is 89.9 Å². The van der Waals surface area contributed by atoms with Gasteiger partial charge in [-0.05, 0) is 59.9 Å². The summed E-state index contributed by atoms with van der Waals surface area (Å²) in [6.45, 7) is 0.176. The lowest BCUT2D eigenvalue weighted by Gasteiger charge is -2.29. The fraction of sp³-hybridized carbons (Fsp3) is 0.333. The molecule has 1 fully saturated rings. The minimum atomic E-state index is -0.886.